The van der Waals surface area contributed by atoms with Gasteiger partial charge in [-0.2, -0.15) is 4.98 Å². The molecule has 1 saturated heterocycles. The van der Waals surface area contributed by atoms with Crippen molar-refractivity contribution in [2.45, 2.75) is 38.2 Å². The highest BCUT2D eigenvalue weighted by Gasteiger charge is 2.29. The molecule has 1 aromatic heterocycles. The lowest BCUT2D eigenvalue weighted by Crippen LogP contribution is -2.33. The Morgan fingerprint density at radius 3 is 3.00 bits per heavy atom. The first-order valence-corrected chi connectivity index (χ1v) is 6.48. The molecule has 0 spiro atoms. The number of morpholine rings is 1. The predicted octanol–water partition coefficient (Wildman–Crippen LogP) is 1.63. The minimum atomic E-state index is -0.0659. The molecule has 3 rings (SSSR count). The smallest absolute Gasteiger partial charge is 0.257 e. The standard InChI is InChI=1S/C12H19N3O2/c1-8-2-3-9(6-8)11-14-12(17-15-11)10-7-13-4-5-16-10/h8-10,13H,2-7H2,1H3. The normalized spacial score (nSPS) is 34.1. The minimum absolute atomic E-state index is 0.0659. The van der Waals surface area contributed by atoms with Crippen LogP contribution in [0.3, 0.4) is 0 Å². The van der Waals surface area contributed by atoms with Crippen molar-refractivity contribution in [3.63, 3.8) is 0 Å². The van der Waals surface area contributed by atoms with Gasteiger partial charge in [-0.05, 0) is 25.2 Å². The van der Waals surface area contributed by atoms with Crippen molar-refractivity contribution < 1.29 is 9.26 Å². The van der Waals surface area contributed by atoms with Crippen LogP contribution in [0.2, 0.25) is 0 Å². The highest BCUT2D eigenvalue weighted by Crippen LogP contribution is 2.36. The highest BCUT2D eigenvalue weighted by atomic mass is 16.5. The van der Waals surface area contributed by atoms with E-state index in [1.807, 2.05) is 0 Å². The molecule has 2 heterocycles. The van der Waals surface area contributed by atoms with Crippen LogP contribution >= 0.6 is 0 Å². The Kier molecular flexibility index (Phi) is 3.11. The third-order valence-corrected chi connectivity index (χ3v) is 3.72. The molecule has 1 N–H and O–H groups in total. The average molecular weight is 237 g/mol. The SMILES string of the molecule is CC1CCC(c2noc(C3CNCCO3)n2)C1. The largest absolute Gasteiger partial charge is 0.366 e. The number of rotatable bonds is 2. The maximum absolute atomic E-state index is 5.60. The zero-order valence-electron chi connectivity index (χ0n) is 10.2. The van der Waals surface area contributed by atoms with E-state index in [1.165, 1.54) is 19.3 Å². The number of ether oxygens (including phenoxy) is 1. The summed E-state index contributed by atoms with van der Waals surface area (Å²) >= 11 is 0. The van der Waals surface area contributed by atoms with Crippen LogP contribution in [-0.4, -0.2) is 29.8 Å². The van der Waals surface area contributed by atoms with Crippen LogP contribution in [0, 0.1) is 5.92 Å². The van der Waals surface area contributed by atoms with E-state index in [-0.39, 0.29) is 6.10 Å². The Hall–Kier alpha value is -0.940. The summed E-state index contributed by atoms with van der Waals surface area (Å²) < 4.78 is 10.9. The summed E-state index contributed by atoms with van der Waals surface area (Å²) in [5.74, 6) is 2.78. The summed E-state index contributed by atoms with van der Waals surface area (Å²) in [7, 11) is 0. The molecule has 1 aromatic rings. The van der Waals surface area contributed by atoms with Crippen LogP contribution in [0.4, 0.5) is 0 Å². The first-order chi connectivity index (χ1) is 8.33. The summed E-state index contributed by atoms with van der Waals surface area (Å²) in [6.07, 6.45) is 3.58. The maximum atomic E-state index is 5.60. The summed E-state index contributed by atoms with van der Waals surface area (Å²) in [4.78, 5) is 4.51. The first kappa shape index (κ1) is 11.2. The fraction of sp³-hybridized carbons (Fsp3) is 0.833. The van der Waals surface area contributed by atoms with Crippen molar-refractivity contribution in [2.24, 2.45) is 5.92 Å². The number of nitrogens with one attached hydrogen (secondary N) is 1. The molecular formula is C12H19N3O2. The van der Waals surface area contributed by atoms with Gasteiger partial charge >= 0.3 is 0 Å². The second kappa shape index (κ2) is 4.74. The Morgan fingerprint density at radius 2 is 2.29 bits per heavy atom. The van der Waals surface area contributed by atoms with Gasteiger partial charge in [-0.15, -0.1) is 0 Å². The van der Waals surface area contributed by atoms with Crippen molar-refractivity contribution in [1.29, 1.82) is 0 Å². The molecule has 1 aliphatic heterocycles. The quantitative estimate of drug-likeness (QED) is 0.847. The van der Waals surface area contributed by atoms with Crippen molar-refractivity contribution in [2.75, 3.05) is 19.7 Å². The lowest BCUT2D eigenvalue weighted by Gasteiger charge is -2.19. The molecule has 0 aromatic carbocycles. The Balaban J connectivity index is 1.69. The van der Waals surface area contributed by atoms with E-state index < -0.39 is 0 Å². The predicted molar refractivity (Wildman–Crippen MR) is 61.6 cm³/mol. The molecule has 1 saturated carbocycles. The van der Waals surface area contributed by atoms with E-state index in [0.29, 0.717) is 18.4 Å². The van der Waals surface area contributed by atoms with E-state index >= 15 is 0 Å². The van der Waals surface area contributed by atoms with Crippen LogP contribution in [0.1, 0.15) is 49.9 Å². The molecule has 94 valence electrons. The first-order valence-electron chi connectivity index (χ1n) is 6.48. The summed E-state index contributed by atoms with van der Waals surface area (Å²) in [5.41, 5.74) is 0. The molecule has 2 fully saturated rings. The highest BCUT2D eigenvalue weighted by molar-refractivity contribution is 5.01. The van der Waals surface area contributed by atoms with Gasteiger partial charge in [0.05, 0.1) is 6.61 Å². The van der Waals surface area contributed by atoms with Gasteiger partial charge in [-0.25, -0.2) is 0 Å². The Morgan fingerprint density at radius 1 is 1.35 bits per heavy atom. The zero-order chi connectivity index (χ0) is 11.7. The van der Waals surface area contributed by atoms with Crippen LogP contribution in [0.5, 0.6) is 0 Å². The van der Waals surface area contributed by atoms with E-state index in [0.717, 1.165) is 24.8 Å². The van der Waals surface area contributed by atoms with Gasteiger partial charge in [0, 0.05) is 19.0 Å². The molecular weight excluding hydrogens is 218 g/mol. The van der Waals surface area contributed by atoms with Gasteiger partial charge in [0.25, 0.3) is 5.89 Å². The third kappa shape index (κ3) is 2.35. The molecule has 3 unspecified atom stereocenters. The van der Waals surface area contributed by atoms with Crippen molar-refractivity contribution >= 4 is 0 Å². The van der Waals surface area contributed by atoms with E-state index in [2.05, 4.69) is 22.4 Å². The molecule has 0 radical (unpaired) electrons. The monoisotopic (exact) mass is 237 g/mol. The number of aromatic nitrogens is 2. The summed E-state index contributed by atoms with van der Waals surface area (Å²) in [6.45, 7) is 4.67. The van der Waals surface area contributed by atoms with Gasteiger partial charge < -0.3 is 14.6 Å². The number of hydrogen-bond donors (Lipinski definition) is 1. The molecule has 17 heavy (non-hydrogen) atoms. The zero-order valence-corrected chi connectivity index (χ0v) is 10.2. The molecule has 0 bridgehead atoms. The van der Waals surface area contributed by atoms with Crippen LogP contribution in [0.15, 0.2) is 4.52 Å². The van der Waals surface area contributed by atoms with E-state index in [1.54, 1.807) is 0 Å². The minimum Gasteiger partial charge on any atom is -0.366 e. The van der Waals surface area contributed by atoms with Crippen molar-refractivity contribution in [1.82, 2.24) is 15.5 Å². The molecule has 3 atom stereocenters. The number of nitrogens with zero attached hydrogens (tertiary/aromatic N) is 2. The average Bonchev–Trinajstić information content (AvgIpc) is 2.98. The molecule has 1 aliphatic carbocycles. The Bertz CT molecular complexity index is 354. The van der Waals surface area contributed by atoms with Crippen molar-refractivity contribution in [3.8, 4) is 0 Å². The molecule has 5 heteroatoms. The van der Waals surface area contributed by atoms with Crippen LogP contribution in [-0.2, 0) is 4.74 Å². The topological polar surface area (TPSA) is 60.2 Å². The lowest BCUT2D eigenvalue weighted by atomic mass is 10.1. The fourth-order valence-electron chi connectivity index (χ4n) is 2.71. The third-order valence-electron chi connectivity index (χ3n) is 3.72. The lowest BCUT2D eigenvalue weighted by molar-refractivity contribution is 0.00755. The second-order valence-corrected chi connectivity index (χ2v) is 5.17. The van der Waals surface area contributed by atoms with Crippen LogP contribution < -0.4 is 5.32 Å². The summed E-state index contributed by atoms with van der Waals surface area (Å²) in [5, 5.41) is 7.38. The van der Waals surface area contributed by atoms with E-state index in [4.69, 9.17) is 9.26 Å². The molecule has 2 aliphatic rings. The molecule has 5 nitrogen and oxygen atoms in total. The van der Waals surface area contributed by atoms with Crippen molar-refractivity contribution in [3.05, 3.63) is 11.7 Å². The second-order valence-electron chi connectivity index (χ2n) is 5.17. The molecule has 0 amide bonds. The van der Waals surface area contributed by atoms with Gasteiger partial charge in [-0.1, -0.05) is 12.1 Å². The van der Waals surface area contributed by atoms with Crippen LogP contribution in [0.25, 0.3) is 0 Å². The maximum Gasteiger partial charge on any atom is 0.257 e. The van der Waals surface area contributed by atoms with Gasteiger partial charge in [0.2, 0.25) is 0 Å². The van der Waals surface area contributed by atoms with E-state index in [9.17, 15) is 0 Å². The van der Waals surface area contributed by atoms with Gasteiger partial charge in [0.15, 0.2) is 5.82 Å². The number of hydrogen-bond acceptors (Lipinski definition) is 5. The van der Waals surface area contributed by atoms with Gasteiger partial charge in [-0.3, -0.25) is 0 Å². The fourth-order valence-corrected chi connectivity index (χ4v) is 2.71. The van der Waals surface area contributed by atoms with Gasteiger partial charge in [0.1, 0.15) is 6.10 Å². The Labute approximate surface area is 101 Å². The summed E-state index contributed by atoms with van der Waals surface area (Å²) in [6, 6.07) is 0.